The molecule has 2 fully saturated rings. The van der Waals surface area contributed by atoms with E-state index in [1.807, 2.05) is 23.1 Å². The molecule has 4 rings (SSSR count). The molecule has 2 aliphatic rings. The first-order valence-electron chi connectivity index (χ1n) is 11.2. The average Bonchev–Trinajstić information content (AvgIpc) is 2.83. The number of piperidine rings is 1. The van der Waals surface area contributed by atoms with Crippen molar-refractivity contribution in [1.29, 1.82) is 5.26 Å². The minimum atomic E-state index is -0.0935. The van der Waals surface area contributed by atoms with Gasteiger partial charge in [-0.1, -0.05) is 30.3 Å². The van der Waals surface area contributed by atoms with E-state index in [0.29, 0.717) is 23.7 Å². The van der Waals surface area contributed by atoms with Gasteiger partial charge < -0.3 is 14.4 Å². The number of hydrogen-bond acceptors (Lipinski definition) is 4. The van der Waals surface area contributed by atoms with Gasteiger partial charge >= 0.3 is 0 Å². The van der Waals surface area contributed by atoms with Gasteiger partial charge in [-0.3, -0.25) is 4.79 Å². The molecule has 0 N–H and O–H groups in total. The number of rotatable bonds is 6. The Morgan fingerprint density at radius 1 is 1.13 bits per heavy atom. The molecular formula is C26H30N2O3. The number of amides is 1. The zero-order chi connectivity index (χ0) is 21.5. The molecule has 5 nitrogen and oxygen atoms in total. The summed E-state index contributed by atoms with van der Waals surface area (Å²) >= 11 is 0. The van der Waals surface area contributed by atoms with Crippen LogP contribution in [-0.4, -0.2) is 42.7 Å². The Morgan fingerprint density at radius 2 is 1.87 bits per heavy atom. The molecule has 1 unspecified atom stereocenters. The van der Waals surface area contributed by atoms with Crippen LogP contribution in [0.15, 0.2) is 54.6 Å². The standard InChI is InChI=1S/C26H30N2O3/c27-19-22-6-8-24(9-7-22)25(29)28-14-12-26(13-15-28)18-21(11-17-31-26)10-16-30-20-23-4-2-1-3-5-23/h1-9,21H,10-18,20H2. The highest BCUT2D eigenvalue weighted by Gasteiger charge is 2.41. The van der Waals surface area contributed by atoms with Gasteiger partial charge in [0, 0.05) is 31.9 Å². The molecule has 2 aliphatic heterocycles. The Hall–Kier alpha value is -2.68. The Kier molecular flexibility index (Phi) is 7.01. The van der Waals surface area contributed by atoms with Gasteiger partial charge in [0.1, 0.15) is 0 Å². The van der Waals surface area contributed by atoms with Crippen molar-refractivity contribution in [1.82, 2.24) is 4.90 Å². The summed E-state index contributed by atoms with van der Waals surface area (Å²) in [5, 5.41) is 8.93. The maximum atomic E-state index is 12.8. The molecule has 162 valence electrons. The minimum absolute atomic E-state index is 0.0426. The van der Waals surface area contributed by atoms with E-state index in [0.717, 1.165) is 58.4 Å². The second-order valence-corrected chi connectivity index (χ2v) is 8.70. The van der Waals surface area contributed by atoms with Gasteiger partial charge in [-0.2, -0.15) is 5.26 Å². The summed E-state index contributed by atoms with van der Waals surface area (Å²) in [6, 6.07) is 19.3. The lowest BCUT2D eigenvalue weighted by atomic mass is 9.78. The third-order valence-corrected chi connectivity index (χ3v) is 6.60. The van der Waals surface area contributed by atoms with Gasteiger partial charge in [-0.05, 0) is 67.9 Å². The second kappa shape index (κ2) is 10.1. The van der Waals surface area contributed by atoms with E-state index in [4.69, 9.17) is 14.7 Å². The smallest absolute Gasteiger partial charge is 0.253 e. The van der Waals surface area contributed by atoms with Crippen LogP contribution in [0.3, 0.4) is 0 Å². The first-order chi connectivity index (χ1) is 15.2. The number of hydrogen-bond donors (Lipinski definition) is 0. The first kappa shape index (κ1) is 21.5. The number of likely N-dealkylation sites (tertiary alicyclic amines) is 1. The Labute approximate surface area is 184 Å². The molecule has 0 aromatic heterocycles. The van der Waals surface area contributed by atoms with Crippen molar-refractivity contribution in [3.8, 4) is 6.07 Å². The molecule has 0 saturated carbocycles. The van der Waals surface area contributed by atoms with Crippen molar-refractivity contribution < 1.29 is 14.3 Å². The SMILES string of the molecule is N#Cc1ccc(C(=O)N2CCC3(CC2)CC(CCOCc2ccccc2)CCO3)cc1. The maximum absolute atomic E-state index is 12.8. The molecule has 0 aliphatic carbocycles. The molecule has 2 saturated heterocycles. The van der Waals surface area contributed by atoms with Gasteiger partial charge in [-0.15, -0.1) is 0 Å². The third-order valence-electron chi connectivity index (χ3n) is 6.60. The zero-order valence-electron chi connectivity index (χ0n) is 18.0. The first-order valence-corrected chi connectivity index (χ1v) is 11.2. The van der Waals surface area contributed by atoms with Crippen molar-refractivity contribution in [3.63, 3.8) is 0 Å². The van der Waals surface area contributed by atoms with Crippen LogP contribution in [0, 0.1) is 17.2 Å². The summed E-state index contributed by atoms with van der Waals surface area (Å²) in [5.41, 5.74) is 2.34. The Morgan fingerprint density at radius 3 is 2.58 bits per heavy atom. The number of nitrogens with zero attached hydrogens (tertiary/aromatic N) is 2. The van der Waals surface area contributed by atoms with Crippen LogP contribution in [0.25, 0.3) is 0 Å². The molecule has 2 heterocycles. The monoisotopic (exact) mass is 418 g/mol. The number of carbonyl (C=O) groups is 1. The lowest BCUT2D eigenvalue weighted by Gasteiger charge is -2.46. The van der Waals surface area contributed by atoms with E-state index in [9.17, 15) is 4.79 Å². The topological polar surface area (TPSA) is 62.6 Å². The second-order valence-electron chi connectivity index (χ2n) is 8.70. The van der Waals surface area contributed by atoms with Crippen molar-refractivity contribution >= 4 is 5.91 Å². The van der Waals surface area contributed by atoms with Gasteiger partial charge in [0.05, 0.1) is 23.8 Å². The predicted octanol–water partition coefficient (Wildman–Crippen LogP) is 4.57. The molecule has 5 heteroatoms. The van der Waals surface area contributed by atoms with Crippen LogP contribution in [0.1, 0.15) is 53.6 Å². The highest BCUT2D eigenvalue weighted by atomic mass is 16.5. The highest BCUT2D eigenvalue weighted by molar-refractivity contribution is 5.94. The number of benzene rings is 2. The third kappa shape index (κ3) is 5.52. The highest BCUT2D eigenvalue weighted by Crippen LogP contribution is 2.39. The average molecular weight is 419 g/mol. The fourth-order valence-corrected chi connectivity index (χ4v) is 4.73. The van der Waals surface area contributed by atoms with E-state index in [1.165, 1.54) is 5.56 Å². The van der Waals surface area contributed by atoms with E-state index in [1.54, 1.807) is 24.3 Å². The van der Waals surface area contributed by atoms with Crippen LogP contribution >= 0.6 is 0 Å². The lowest BCUT2D eigenvalue weighted by Crippen LogP contribution is -2.50. The summed E-state index contributed by atoms with van der Waals surface area (Å²) in [7, 11) is 0. The van der Waals surface area contributed by atoms with E-state index in [-0.39, 0.29) is 11.5 Å². The molecule has 1 spiro atoms. The minimum Gasteiger partial charge on any atom is -0.377 e. The summed E-state index contributed by atoms with van der Waals surface area (Å²) in [6.45, 7) is 3.68. The molecule has 0 bridgehead atoms. The van der Waals surface area contributed by atoms with E-state index < -0.39 is 0 Å². The normalized spacial score (nSPS) is 20.4. The quantitative estimate of drug-likeness (QED) is 0.645. The molecule has 2 aromatic rings. The van der Waals surface area contributed by atoms with Crippen LogP contribution in [0.2, 0.25) is 0 Å². The number of ether oxygens (including phenoxy) is 2. The van der Waals surface area contributed by atoms with Crippen molar-refractivity contribution in [2.75, 3.05) is 26.3 Å². The van der Waals surface area contributed by atoms with Gasteiger partial charge in [0.15, 0.2) is 0 Å². The zero-order valence-corrected chi connectivity index (χ0v) is 18.0. The van der Waals surface area contributed by atoms with Crippen molar-refractivity contribution in [2.45, 2.75) is 44.3 Å². The fourth-order valence-electron chi connectivity index (χ4n) is 4.73. The number of carbonyl (C=O) groups excluding carboxylic acids is 1. The van der Waals surface area contributed by atoms with Gasteiger partial charge in [-0.25, -0.2) is 0 Å². The molecule has 1 amide bonds. The number of nitriles is 1. The molecule has 31 heavy (non-hydrogen) atoms. The largest absolute Gasteiger partial charge is 0.377 e. The van der Waals surface area contributed by atoms with Crippen LogP contribution in [-0.2, 0) is 16.1 Å². The predicted molar refractivity (Wildman–Crippen MR) is 118 cm³/mol. The van der Waals surface area contributed by atoms with E-state index >= 15 is 0 Å². The summed E-state index contributed by atoms with van der Waals surface area (Å²) in [4.78, 5) is 14.7. The molecule has 2 aromatic carbocycles. The molecule has 1 atom stereocenters. The van der Waals surface area contributed by atoms with Crippen molar-refractivity contribution in [2.24, 2.45) is 5.92 Å². The van der Waals surface area contributed by atoms with Crippen molar-refractivity contribution in [3.05, 3.63) is 71.3 Å². The lowest BCUT2D eigenvalue weighted by molar-refractivity contribution is -0.126. The van der Waals surface area contributed by atoms with Gasteiger partial charge in [0.2, 0.25) is 0 Å². The summed E-state index contributed by atoms with van der Waals surface area (Å²) in [6.07, 6.45) is 4.98. The summed E-state index contributed by atoms with van der Waals surface area (Å²) < 4.78 is 12.2. The Bertz CT molecular complexity index is 896. The van der Waals surface area contributed by atoms with Gasteiger partial charge in [0.25, 0.3) is 5.91 Å². The van der Waals surface area contributed by atoms with Crippen LogP contribution in [0.5, 0.6) is 0 Å². The van der Waals surface area contributed by atoms with Crippen LogP contribution < -0.4 is 0 Å². The van der Waals surface area contributed by atoms with E-state index in [2.05, 4.69) is 18.2 Å². The molecule has 0 radical (unpaired) electrons. The Balaban J connectivity index is 1.23. The maximum Gasteiger partial charge on any atom is 0.253 e. The molecular weight excluding hydrogens is 388 g/mol. The summed E-state index contributed by atoms with van der Waals surface area (Å²) in [5.74, 6) is 0.659. The fraction of sp³-hybridized carbons (Fsp3) is 0.462. The van der Waals surface area contributed by atoms with Crippen LogP contribution in [0.4, 0.5) is 0 Å².